The van der Waals surface area contributed by atoms with Gasteiger partial charge in [-0.3, -0.25) is 0 Å². The van der Waals surface area contributed by atoms with Crippen molar-refractivity contribution in [2.75, 3.05) is 0 Å². The summed E-state index contributed by atoms with van der Waals surface area (Å²) in [4.78, 5) is 0.729. The Labute approximate surface area is 105 Å². The predicted molar refractivity (Wildman–Crippen MR) is 70.7 cm³/mol. The summed E-state index contributed by atoms with van der Waals surface area (Å²) in [6, 6.07) is 9.63. The lowest BCUT2D eigenvalue weighted by atomic mass is 9.89. The van der Waals surface area contributed by atoms with Crippen LogP contribution in [0.4, 0.5) is 0 Å². The maximum atomic E-state index is 12.1. The highest BCUT2D eigenvalue weighted by molar-refractivity contribution is 7.88. The Hall–Kier alpha value is -1.40. The first-order valence-electron chi connectivity index (χ1n) is 5.44. The molecule has 1 atom stereocenters. The molecule has 0 unspecified atom stereocenters. The largest absolute Gasteiger partial charge is 0.250 e. The molecule has 0 aromatic heterocycles. The van der Waals surface area contributed by atoms with E-state index in [1.54, 1.807) is 5.41 Å². The summed E-state index contributed by atoms with van der Waals surface area (Å²) >= 11 is 0. The topological polar surface area (TPSA) is 40.9 Å². The minimum atomic E-state index is -1.25. The van der Waals surface area contributed by atoms with Crippen molar-refractivity contribution in [2.24, 2.45) is 5.41 Å². The number of hydrogen-bond donors (Lipinski definition) is 0. The Morgan fingerprint density at radius 2 is 1.82 bits per heavy atom. The summed E-state index contributed by atoms with van der Waals surface area (Å²) in [6.07, 6.45) is 0. The van der Waals surface area contributed by atoms with Crippen LogP contribution in [0, 0.1) is 23.7 Å². The van der Waals surface area contributed by atoms with Crippen LogP contribution in [0.15, 0.2) is 40.1 Å². The van der Waals surface area contributed by atoms with Gasteiger partial charge in [-0.2, -0.15) is 5.26 Å². The van der Waals surface area contributed by atoms with E-state index in [9.17, 15) is 4.21 Å². The third-order valence-electron chi connectivity index (χ3n) is 2.41. The van der Waals surface area contributed by atoms with Gasteiger partial charge in [0.2, 0.25) is 0 Å². The molecule has 0 saturated carbocycles. The minimum absolute atomic E-state index is 0.269. The molecule has 0 N–H and O–H groups in total. The van der Waals surface area contributed by atoms with Gasteiger partial charge in [0.1, 0.15) is 0 Å². The molecule has 0 fully saturated rings. The number of allylic oxidation sites excluding steroid dienone is 1. The first-order valence-corrected chi connectivity index (χ1v) is 6.65. The molecule has 1 rings (SSSR count). The van der Waals surface area contributed by atoms with E-state index in [0.29, 0.717) is 5.57 Å². The summed E-state index contributed by atoms with van der Waals surface area (Å²) in [5.74, 6) is 0. The highest BCUT2D eigenvalue weighted by Crippen LogP contribution is 2.25. The van der Waals surface area contributed by atoms with Crippen LogP contribution in [0.3, 0.4) is 0 Å². The van der Waals surface area contributed by atoms with Gasteiger partial charge in [0.05, 0.1) is 16.9 Å². The fraction of sp³-hybridized carbons (Fsp3) is 0.357. The molecule has 0 spiro atoms. The zero-order valence-electron chi connectivity index (χ0n) is 10.7. The molecular formula is C14H17NOS. The Morgan fingerprint density at radius 3 is 2.24 bits per heavy atom. The van der Waals surface area contributed by atoms with Gasteiger partial charge in [0, 0.05) is 15.9 Å². The van der Waals surface area contributed by atoms with Crippen molar-refractivity contribution < 1.29 is 4.21 Å². The number of rotatable bonds is 2. The van der Waals surface area contributed by atoms with E-state index in [0.717, 1.165) is 10.5 Å². The highest BCUT2D eigenvalue weighted by atomic mass is 32.2. The molecule has 0 aliphatic rings. The number of nitriles is 1. The van der Waals surface area contributed by atoms with Gasteiger partial charge in [0.25, 0.3) is 0 Å². The first kappa shape index (κ1) is 13.7. The van der Waals surface area contributed by atoms with Crippen molar-refractivity contribution in [1.29, 1.82) is 5.26 Å². The lowest BCUT2D eigenvalue weighted by molar-refractivity contribution is 0.520. The number of hydrogen-bond acceptors (Lipinski definition) is 2. The molecule has 0 radical (unpaired) electrons. The van der Waals surface area contributed by atoms with E-state index in [-0.39, 0.29) is 5.41 Å². The van der Waals surface area contributed by atoms with Crippen molar-refractivity contribution in [3.05, 3.63) is 40.8 Å². The molecule has 17 heavy (non-hydrogen) atoms. The zero-order valence-corrected chi connectivity index (χ0v) is 11.5. The molecular weight excluding hydrogens is 230 g/mol. The van der Waals surface area contributed by atoms with E-state index >= 15 is 0 Å². The highest BCUT2D eigenvalue weighted by Gasteiger charge is 2.18. The Bertz CT molecular complexity index is 486. The molecule has 3 heteroatoms. The number of nitrogens with zero attached hydrogens (tertiary/aromatic N) is 1. The molecule has 2 nitrogen and oxygen atoms in total. The van der Waals surface area contributed by atoms with Gasteiger partial charge >= 0.3 is 0 Å². The van der Waals surface area contributed by atoms with Gasteiger partial charge in [-0.05, 0) is 24.5 Å². The summed E-state index contributed by atoms with van der Waals surface area (Å²) in [5.41, 5.74) is 1.41. The van der Waals surface area contributed by atoms with Crippen LogP contribution in [0.1, 0.15) is 26.3 Å². The van der Waals surface area contributed by atoms with Crippen LogP contribution in [0.2, 0.25) is 0 Å². The molecule has 0 aliphatic carbocycles. The molecule has 0 aliphatic heterocycles. The van der Waals surface area contributed by atoms with E-state index in [4.69, 9.17) is 5.26 Å². The van der Waals surface area contributed by atoms with Crippen molar-refractivity contribution in [1.82, 2.24) is 0 Å². The molecule has 0 amide bonds. The van der Waals surface area contributed by atoms with Crippen molar-refractivity contribution in [3.63, 3.8) is 0 Å². The Kier molecular flexibility index (Phi) is 4.25. The van der Waals surface area contributed by atoms with Crippen LogP contribution >= 0.6 is 0 Å². The van der Waals surface area contributed by atoms with Crippen LogP contribution < -0.4 is 0 Å². The van der Waals surface area contributed by atoms with Crippen molar-refractivity contribution in [2.45, 2.75) is 32.6 Å². The van der Waals surface area contributed by atoms with Gasteiger partial charge in [-0.25, -0.2) is 4.21 Å². The summed E-state index contributed by atoms with van der Waals surface area (Å²) in [7, 11) is -1.25. The number of benzene rings is 1. The van der Waals surface area contributed by atoms with E-state index < -0.39 is 10.8 Å². The monoisotopic (exact) mass is 247 g/mol. The maximum absolute atomic E-state index is 12.1. The average molecular weight is 247 g/mol. The van der Waals surface area contributed by atoms with Gasteiger partial charge in [-0.15, -0.1) is 0 Å². The minimum Gasteiger partial charge on any atom is -0.250 e. The molecule has 90 valence electrons. The van der Waals surface area contributed by atoms with Crippen LogP contribution in [-0.2, 0) is 10.8 Å². The summed E-state index contributed by atoms with van der Waals surface area (Å²) < 4.78 is 12.1. The third-order valence-corrected chi connectivity index (χ3v) is 3.59. The number of aryl methyl sites for hydroxylation is 1. The standard InChI is InChI=1S/C14H17NOS/c1-11-5-7-13(8-6-11)17(16)10-12(9-15)14(2,3)4/h5-8,10H,1-4H3/b12-10+/t17-/m1/s1. The van der Waals surface area contributed by atoms with Gasteiger partial charge in [0.15, 0.2) is 0 Å². The molecule has 1 aromatic carbocycles. The fourth-order valence-electron chi connectivity index (χ4n) is 1.22. The summed E-state index contributed by atoms with van der Waals surface area (Å²) in [5, 5.41) is 10.6. The van der Waals surface area contributed by atoms with Gasteiger partial charge < -0.3 is 0 Å². The molecule has 1 aromatic rings. The third kappa shape index (κ3) is 3.83. The van der Waals surface area contributed by atoms with Crippen LogP contribution in [-0.4, -0.2) is 4.21 Å². The van der Waals surface area contributed by atoms with E-state index in [2.05, 4.69) is 6.07 Å². The lowest BCUT2D eigenvalue weighted by Crippen LogP contribution is -2.08. The smallest absolute Gasteiger partial charge is 0.0959 e. The molecule has 0 bridgehead atoms. The summed E-state index contributed by atoms with van der Waals surface area (Å²) in [6.45, 7) is 7.80. The van der Waals surface area contributed by atoms with Crippen LogP contribution in [0.5, 0.6) is 0 Å². The second-order valence-electron chi connectivity index (χ2n) is 5.00. The second-order valence-corrected chi connectivity index (χ2v) is 6.31. The quantitative estimate of drug-likeness (QED) is 0.750. The van der Waals surface area contributed by atoms with E-state index in [1.807, 2.05) is 52.0 Å². The molecule has 0 saturated heterocycles. The zero-order chi connectivity index (χ0) is 13.1. The van der Waals surface area contributed by atoms with Crippen molar-refractivity contribution in [3.8, 4) is 6.07 Å². The first-order chi connectivity index (χ1) is 7.84. The maximum Gasteiger partial charge on any atom is 0.0959 e. The lowest BCUT2D eigenvalue weighted by Gasteiger charge is -2.16. The Balaban J connectivity index is 3.03. The van der Waals surface area contributed by atoms with E-state index in [1.165, 1.54) is 0 Å². The Morgan fingerprint density at radius 1 is 1.29 bits per heavy atom. The normalized spacial score (nSPS) is 14.2. The average Bonchev–Trinajstić information content (AvgIpc) is 2.24. The predicted octanol–water partition coefficient (Wildman–Crippen LogP) is 3.56. The van der Waals surface area contributed by atoms with Crippen LogP contribution in [0.25, 0.3) is 0 Å². The van der Waals surface area contributed by atoms with Crippen molar-refractivity contribution >= 4 is 10.8 Å². The fourth-order valence-corrected chi connectivity index (χ4v) is 2.38. The SMILES string of the molecule is Cc1ccc([S@](=O)/C=C(\C#N)C(C)(C)C)cc1. The molecule has 0 heterocycles. The second kappa shape index (κ2) is 5.29. The van der Waals surface area contributed by atoms with Gasteiger partial charge in [-0.1, -0.05) is 38.5 Å².